The van der Waals surface area contributed by atoms with E-state index in [1.807, 2.05) is 6.07 Å². The first-order valence-electron chi connectivity index (χ1n) is 7.31. The highest BCUT2D eigenvalue weighted by Crippen LogP contribution is 2.34. The predicted octanol–water partition coefficient (Wildman–Crippen LogP) is 2.96. The molecule has 1 aromatic rings. The normalized spacial score (nSPS) is 24.1. The van der Waals surface area contributed by atoms with Gasteiger partial charge in [-0.05, 0) is 46.2 Å². The first-order chi connectivity index (χ1) is 9.00. The van der Waals surface area contributed by atoms with Gasteiger partial charge in [-0.2, -0.15) is 0 Å². The van der Waals surface area contributed by atoms with Crippen LogP contribution in [0.4, 0.5) is 0 Å². The fourth-order valence-electron chi connectivity index (χ4n) is 3.21. The van der Waals surface area contributed by atoms with E-state index in [0.29, 0.717) is 11.8 Å². The van der Waals surface area contributed by atoms with Crippen LogP contribution in [0.15, 0.2) is 18.2 Å². The molecule has 0 aliphatic carbocycles. The second kappa shape index (κ2) is 5.93. The Morgan fingerprint density at radius 3 is 2.74 bits per heavy atom. The minimum absolute atomic E-state index is 0.176. The number of hydrogen-bond acceptors (Lipinski definition) is 3. The highest BCUT2D eigenvalue weighted by molar-refractivity contribution is 5.37. The second-order valence-electron chi connectivity index (χ2n) is 5.90. The molecule has 1 heterocycles. The van der Waals surface area contributed by atoms with Gasteiger partial charge in [0, 0.05) is 23.7 Å². The molecule has 19 heavy (non-hydrogen) atoms. The van der Waals surface area contributed by atoms with E-state index in [9.17, 15) is 5.11 Å². The molecule has 1 aliphatic heterocycles. The molecule has 1 aliphatic rings. The van der Waals surface area contributed by atoms with Crippen LogP contribution in [0.1, 0.15) is 50.3 Å². The number of phenolic OH excluding ortho intramolecular Hbond substituents is 1. The molecule has 106 valence electrons. The van der Waals surface area contributed by atoms with Crippen molar-refractivity contribution in [2.75, 3.05) is 6.54 Å². The zero-order valence-electron chi connectivity index (χ0n) is 12.3. The van der Waals surface area contributed by atoms with Crippen molar-refractivity contribution in [2.45, 2.75) is 58.2 Å². The fraction of sp³-hybridized carbons (Fsp3) is 0.625. The molecule has 1 aromatic carbocycles. The number of aryl methyl sites for hydroxylation is 1. The highest BCUT2D eigenvalue weighted by atomic mass is 16.3. The number of phenols is 1. The van der Waals surface area contributed by atoms with Crippen LogP contribution in [0.25, 0.3) is 0 Å². The molecular weight excluding hydrogens is 236 g/mol. The molecule has 0 aromatic heterocycles. The van der Waals surface area contributed by atoms with E-state index in [2.05, 4.69) is 31.7 Å². The monoisotopic (exact) mass is 262 g/mol. The maximum absolute atomic E-state index is 10.1. The summed E-state index contributed by atoms with van der Waals surface area (Å²) >= 11 is 0. The number of benzene rings is 1. The quantitative estimate of drug-likeness (QED) is 0.880. The van der Waals surface area contributed by atoms with Gasteiger partial charge in [0.25, 0.3) is 0 Å². The summed E-state index contributed by atoms with van der Waals surface area (Å²) in [5.74, 6) is 0.395. The van der Waals surface area contributed by atoms with Crippen LogP contribution in [-0.2, 0) is 0 Å². The number of nitrogens with zero attached hydrogens (tertiary/aromatic N) is 1. The Morgan fingerprint density at radius 1 is 1.32 bits per heavy atom. The number of piperidine rings is 1. The zero-order valence-corrected chi connectivity index (χ0v) is 12.3. The van der Waals surface area contributed by atoms with Crippen molar-refractivity contribution in [3.05, 3.63) is 29.3 Å². The third-order valence-corrected chi connectivity index (χ3v) is 4.33. The van der Waals surface area contributed by atoms with Crippen LogP contribution in [-0.4, -0.2) is 28.6 Å². The van der Waals surface area contributed by atoms with Gasteiger partial charge in [0.15, 0.2) is 0 Å². The predicted molar refractivity (Wildman–Crippen MR) is 79.3 cm³/mol. The lowest BCUT2D eigenvalue weighted by atomic mass is 9.92. The maximum Gasteiger partial charge on any atom is 0.120 e. The topological polar surface area (TPSA) is 49.5 Å². The van der Waals surface area contributed by atoms with E-state index in [4.69, 9.17) is 5.73 Å². The Balaban J connectivity index is 2.25. The summed E-state index contributed by atoms with van der Waals surface area (Å²) < 4.78 is 0. The van der Waals surface area contributed by atoms with Crippen molar-refractivity contribution < 1.29 is 5.11 Å². The minimum Gasteiger partial charge on any atom is -0.508 e. The number of nitrogens with two attached hydrogens (primary N) is 1. The largest absolute Gasteiger partial charge is 0.508 e. The summed E-state index contributed by atoms with van der Waals surface area (Å²) in [6.07, 6.45) is 3.64. The van der Waals surface area contributed by atoms with Crippen molar-refractivity contribution in [3.8, 4) is 5.75 Å². The van der Waals surface area contributed by atoms with Crippen LogP contribution in [0.5, 0.6) is 5.75 Å². The fourth-order valence-corrected chi connectivity index (χ4v) is 3.21. The van der Waals surface area contributed by atoms with Gasteiger partial charge in [-0.1, -0.05) is 24.1 Å². The Hall–Kier alpha value is -1.06. The van der Waals surface area contributed by atoms with Gasteiger partial charge < -0.3 is 10.8 Å². The van der Waals surface area contributed by atoms with Crippen molar-refractivity contribution in [2.24, 2.45) is 5.73 Å². The molecule has 0 saturated carbocycles. The molecule has 3 unspecified atom stereocenters. The number of hydrogen-bond donors (Lipinski definition) is 2. The first kappa shape index (κ1) is 14.4. The lowest BCUT2D eigenvalue weighted by molar-refractivity contribution is 0.0878. The van der Waals surface area contributed by atoms with E-state index in [0.717, 1.165) is 18.5 Å². The van der Waals surface area contributed by atoms with Gasteiger partial charge in [-0.15, -0.1) is 0 Å². The average molecular weight is 262 g/mol. The van der Waals surface area contributed by atoms with Crippen LogP contribution in [0.2, 0.25) is 0 Å². The standard InChI is InChI=1S/C16H26N2O/c1-11-7-8-16(19)14(10-11)13(3)18-9-5-4-6-15(18)12(2)17/h7-8,10,12-13,15,19H,4-6,9,17H2,1-3H3. The Kier molecular flexibility index (Phi) is 4.48. The van der Waals surface area contributed by atoms with E-state index >= 15 is 0 Å². The Morgan fingerprint density at radius 2 is 2.05 bits per heavy atom. The van der Waals surface area contributed by atoms with E-state index in [-0.39, 0.29) is 12.1 Å². The van der Waals surface area contributed by atoms with Crippen LogP contribution < -0.4 is 5.73 Å². The lowest BCUT2D eigenvalue weighted by Gasteiger charge is -2.42. The van der Waals surface area contributed by atoms with Crippen LogP contribution >= 0.6 is 0 Å². The van der Waals surface area contributed by atoms with E-state index in [1.54, 1.807) is 6.07 Å². The third-order valence-electron chi connectivity index (χ3n) is 4.33. The molecule has 3 N–H and O–H groups in total. The first-order valence-corrected chi connectivity index (χ1v) is 7.31. The molecule has 3 nitrogen and oxygen atoms in total. The summed E-state index contributed by atoms with van der Waals surface area (Å²) in [6, 6.07) is 6.65. The molecule has 1 fully saturated rings. The van der Waals surface area contributed by atoms with Crippen molar-refractivity contribution in [1.29, 1.82) is 0 Å². The summed E-state index contributed by atoms with van der Waals surface area (Å²) in [5.41, 5.74) is 8.35. The van der Waals surface area contributed by atoms with E-state index < -0.39 is 0 Å². The van der Waals surface area contributed by atoms with Crippen molar-refractivity contribution >= 4 is 0 Å². The summed E-state index contributed by atoms with van der Waals surface area (Å²) in [7, 11) is 0. The molecule has 0 radical (unpaired) electrons. The zero-order chi connectivity index (χ0) is 14.0. The Bertz CT molecular complexity index is 431. The van der Waals surface area contributed by atoms with Crippen LogP contribution in [0.3, 0.4) is 0 Å². The maximum atomic E-state index is 10.1. The lowest BCUT2D eigenvalue weighted by Crippen LogP contribution is -2.49. The second-order valence-corrected chi connectivity index (χ2v) is 5.90. The highest BCUT2D eigenvalue weighted by Gasteiger charge is 2.30. The summed E-state index contributed by atoms with van der Waals surface area (Å²) in [5, 5.41) is 10.1. The van der Waals surface area contributed by atoms with Gasteiger partial charge in [0.1, 0.15) is 5.75 Å². The molecule has 3 heteroatoms. The van der Waals surface area contributed by atoms with E-state index in [1.165, 1.54) is 18.4 Å². The summed E-state index contributed by atoms with van der Waals surface area (Å²) in [6.45, 7) is 7.40. The minimum atomic E-state index is 0.176. The van der Waals surface area contributed by atoms with Gasteiger partial charge in [-0.3, -0.25) is 4.90 Å². The number of aromatic hydroxyl groups is 1. The van der Waals surface area contributed by atoms with Gasteiger partial charge in [0.05, 0.1) is 0 Å². The molecule has 0 bridgehead atoms. The number of likely N-dealkylation sites (tertiary alicyclic amines) is 1. The van der Waals surface area contributed by atoms with Gasteiger partial charge in [-0.25, -0.2) is 0 Å². The molecule has 0 amide bonds. The van der Waals surface area contributed by atoms with Gasteiger partial charge >= 0.3 is 0 Å². The summed E-state index contributed by atoms with van der Waals surface area (Å²) in [4.78, 5) is 2.46. The van der Waals surface area contributed by atoms with Gasteiger partial charge in [0.2, 0.25) is 0 Å². The molecule has 1 saturated heterocycles. The van der Waals surface area contributed by atoms with Crippen molar-refractivity contribution in [1.82, 2.24) is 4.90 Å². The SMILES string of the molecule is Cc1ccc(O)c(C(C)N2CCCCC2C(C)N)c1. The molecule has 0 spiro atoms. The van der Waals surface area contributed by atoms with Crippen LogP contribution in [0, 0.1) is 6.92 Å². The molecular formula is C16H26N2O. The average Bonchev–Trinajstić information content (AvgIpc) is 2.40. The number of rotatable bonds is 3. The molecule has 3 atom stereocenters. The Labute approximate surface area is 116 Å². The molecule has 2 rings (SSSR count). The van der Waals surface area contributed by atoms with Crippen molar-refractivity contribution in [3.63, 3.8) is 0 Å². The third kappa shape index (κ3) is 3.10. The smallest absolute Gasteiger partial charge is 0.120 e.